The van der Waals surface area contributed by atoms with Crippen molar-refractivity contribution in [3.05, 3.63) is 16.0 Å². The first kappa shape index (κ1) is 16.0. The van der Waals surface area contributed by atoms with Crippen molar-refractivity contribution in [1.82, 2.24) is 0 Å². The average Bonchev–Trinajstić information content (AvgIpc) is 2.84. The number of fused-ring (bicyclic) bond motifs is 1. The van der Waals surface area contributed by atoms with Gasteiger partial charge in [0.1, 0.15) is 5.00 Å². The molecule has 0 unspecified atom stereocenters. The fourth-order valence-corrected chi connectivity index (χ4v) is 3.85. The van der Waals surface area contributed by atoms with E-state index in [1.807, 2.05) is 0 Å². The first-order chi connectivity index (χ1) is 10.2. The second-order valence-electron chi connectivity index (χ2n) is 5.14. The molecule has 1 aliphatic rings. The predicted octanol–water partition coefficient (Wildman–Crippen LogP) is 2.51. The number of aryl methyl sites for hydroxylation is 1. The molecule has 1 heterocycles. The number of esters is 1. The molecule has 0 saturated heterocycles. The van der Waals surface area contributed by atoms with Crippen LogP contribution in [0.2, 0.25) is 0 Å². The fourth-order valence-electron chi connectivity index (χ4n) is 2.56. The third-order valence-electron chi connectivity index (χ3n) is 3.63. The number of carbonyl (C=O) groups excluding carboxylic acids is 2. The minimum absolute atomic E-state index is 0.0913. The van der Waals surface area contributed by atoms with Crippen LogP contribution in [0.25, 0.3) is 0 Å². The van der Waals surface area contributed by atoms with Crippen LogP contribution < -0.4 is 5.32 Å². The zero-order valence-corrected chi connectivity index (χ0v) is 13.1. The number of anilines is 1. The Hall–Kier alpha value is -1.40. The highest BCUT2D eigenvalue weighted by molar-refractivity contribution is 7.17. The summed E-state index contributed by atoms with van der Waals surface area (Å²) in [4.78, 5) is 25.1. The molecular weight excluding hydrogens is 290 g/mol. The minimum Gasteiger partial charge on any atom is -0.465 e. The Morgan fingerprint density at radius 3 is 2.76 bits per heavy atom. The maximum absolute atomic E-state index is 12.0. The maximum Gasteiger partial charge on any atom is 0.341 e. The van der Waals surface area contributed by atoms with Gasteiger partial charge in [0, 0.05) is 17.9 Å². The van der Waals surface area contributed by atoms with Gasteiger partial charge >= 0.3 is 5.97 Å². The highest BCUT2D eigenvalue weighted by atomic mass is 32.1. The minimum atomic E-state index is -0.375. The smallest absolute Gasteiger partial charge is 0.341 e. The molecule has 1 amide bonds. The maximum atomic E-state index is 12.0. The highest BCUT2D eigenvalue weighted by Gasteiger charge is 2.26. The van der Waals surface area contributed by atoms with E-state index in [0.717, 1.165) is 31.2 Å². The fraction of sp³-hybridized carbons (Fsp3) is 0.600. The van der Waals surface area contributed by atoms with Crippen LogP contribution in [0.5, 0.6) is 0 Å². The number of nitrogens with one attached hydrogen (secondary N) is 1. The summed E-state index contributed by atoms with van der Waals surface area (Å²) in [6.45, 7) is 0.0913. The highest BCUT2D eigenvalue weighted by Crippen LogP contribution is 2.38. The van der Waals surface area contributed by atoms with Gasteiger partial charge in [-0.1, -0.05) is 0 Å². The Morgan fingerprint density at radius 2 is 2.05 bits per heavy atom. The SMILES string of the molecule is COC(=O)c1c(NC(=O)CCCCO)sc2c1CCCC2. The molecule has 0 aliphatic heterocycles. The average molecular weight is 311 g/mol. The van der Waals surface area contributed by atoms with Gasteiger partial charge in [-0.3, -0.25) is 4.79 Å². The van der Waals surface area contributed by atoms with Gasteiger partial charge < -0.3 is 15.2 Å². The van der Waals surface area contributed by atoms with Crippen LogP contribution in [0.3, 0.4) is 0 Å². The van der Waals surface area contributed by atoms with E-state index in [0.29, 0.717) is 29.8 Å². The van der Waals surface area contributed by atoms with Crippen molar-refractivity contribution >= 4 is 28.2 Å². The Kier molecular flexibility index (Phi) is 5.76. The summed E-state index contributed by atoms with van der Waals surface area (Å²) >= 11 is 1.49. The van der Waals surface area contributed by atoms with Gasteiger partial charge in [-0.05, 0) is 44.1 Å². The van der Waals surface area contributed by atoms with E-state index in [1.54, 1.807) is 0 Å². The van der Waals surface area contributed by atoms with Crippen LogP contribution in [0, 0.1) is 0 Å². The summed E-state index contributed by atoms with van der Waals surface area (Å²) in [5.74, 6) is -0.493. The van der Waals surface area contributed by atoms with E-state index in [4.69, 9.17) is 9.84 Å². The van der Waals surface area contributed by atoms with E-state index >= 15 is 0 Å². The third kappa shape index (κ3) is 3.83. The molecule has 0 spiro atoms. The van der Waals surface area contributed by atoms with Crippen molar-refractivity contribution in [3.63, 3.8) is 0 Å². The summed E-state index contributed by atoms with van der Waals surface area (Å²) in [6.07, 6.45) is 5.62. The Balaban J connectivity index is 2.16. The Morgan fingerprint density at radius 1 is 1.29 bits per heavy atom. The zero-order valence-electron chi connectivity index (χ0n) is 12.2. The molecular formula is C15H21NO4S. The molecule has 0 radical (unpaired) electrons. The lowest BCUT2D eigenvalue weighted by Crippen LogP contribution is -2.14. The van der Waals surface area contributed by atoms with Crippen molar-refractivity contribution < 1.29 is 19.4 Å². The number of unbranched alkanes of at least 4 members (excludes halogenated alkanes) is 1. The number of ether oxygens (including phenoxy) is 1. The number of rotatable bonds is 6. The topological polar surface area (TPSA) is 75.6 Å². The van der Waals surface area contributed by atoms with Gasteiger partial charge in [-0.2, -0.15) is 0 Å². The number of thiophene rings is 1. The van der Waals surface area contributed by atoms with Crippen LogP contribution in [-0.2, 0) is 22.4 Å². The summed E-state index contributed by atoms with van der Waals surface area (Å²) in [5, 5.41) is 12.2. The molecule has 0 aromatic carbocycles. The van der Waals surface area contributed by atoms with E-state index < -0.39 is 0 Å². The normalized spacial score (nSPS) is 13.6. The predicted molar refractivity (Wildman–Crippen MR) is 81.9 cm³/mol. The number of aliphatic hydroxyl groups excluding tert-OH is 1. The Labute approximate surface area is 128 Å². The van der Waals surface area contributed by atoms with Crippen LogP contribution in [0.15, 0.2) is 0 Å². The van der Waals surface area contributed by atoms with Gasteiger partial charge in [0.25, 0.3) is 0 Å². The van der Waals surface area contributed by atoms with Crippen LogP contribution in [-0.4, -0.2) is 30.7 Å². The molecule has 2 rings (SSSR count). The zero-order chi connectivity index (χ0) is 15.2. The molecule has 1 aromatic rings. The molecule has 1 aliphatic carbocycles. The van der Waals surface area contributed by atoms with Crippen molar-refractivity contribution in [1.29, 1.82) is 0 Å². The van der Waals surface area contributed by atoms with Gasteiger partial charge in [-0.25, -0.2) is 4.79 Å². The number of hydrogen-bond donors (Lipinski definition) is 2. The molecule has 0 bridgehead atoms. The number of carbonyl (C=O) groups is 2. The molecule has 116 valence electrons. The van der Waals surface area contributed by atoms with Gasteiger partial charge in [0.2, 0.25) is 5.91 Å². The molecule has 0 atom stereocenters. The number of aliphatic hydroxyl groups is 1. The molecule has 0 fully saturated rings. The number of hydrogen-bond acceptors (Lipinski definition) is 5. The van der Waals surface area contributed by atoms with Gasteiger partial charge in [0.15, 0.2) is 0 Å². The second kappa shape index (κ2) is 7.56. The standard InChI is InChI=1S/C15H21NO4S/c1-20-15(19)13-10-6-2-3-7-11(10)21-14(13)16-12(18)8-4-5-9-17/h17H,2-9H2,1H3,(H,16,18). The van der Waals surface area contributed by atoms with E-state index in [9.17, 15) is 9.59 Å². The molecule has 0 saturated carbocycles. The van der Waals surface area contributed by atoms with Crippen LogP contribution in [0.1, 0.15) is 52.9 Å². The molecule has 5 nitrogen and oxygen atoms in total. The monoisotopic (exact) mass is 311 g/mol. The number of methoxy groups -OCH3 is 1. The van der Waals surface area contributed by atoms with E-state index in [1.165, 1.54) is 23.3 Å². The van der Waals surface area contributed by atoms with Crippen LogP contribution in [0.4, 0.5) is 5.00 Å². The second-order valence-corrected chi connectivity index (χ2v) is 6.24. The number of amides is 1. The van der Waals surface area contributed by atoms with Crippen molar-refractivity contribution in [2.24, 2.45) is 0 Å². The quantitative estimate of drug-likeness (QED) is 0.625. The summed E-state index contributed by atoms with van der Waals surface area (Å²) in [5.41, 5.74) is 1.58. The largest absolute Gasteiger partial charge is 0.465 e. The van der Waals surface area contributed by atoms with Crippen molar-refractivity contribution in [2.75, 3.05) is 19.0 Å². The summed E-state index contributed by atoms with van der Waals surface area (Å²) in [6, 6.07) is 0. The first-order valence-electron chi connectivity index (χ1n) is 7.31. The molecule has 21 heavy (non-hydrogen) atoms. The molecule has 6 heteroatoms. The van der Waals surface area contributed by atoms with Gasteiger partial charge in [-0.15, -0.1) is 11.3 Å². The third-order valence-corrected chi connectivity index (χ3v) is 4.83. The van der Waals surface area contributed by atoms with Crippen LogP contribution >= 0.6 is 11.3 Å². The molecule has 1 aromatic heterocycles. The summed E-state index contributed by atoms with van der Waals surface area (Å²) in [7, 11) is 1.36. The first-order valence-corrected chi connectivity index (χ1v) is 8.12. The lowest BCUT2D eigenvalue weighted by molar-refractivity contribution is -0.116. The Bertz CT molecular complexity index is 524. The van der Waals surface area contributed by atoms with E-state index in [-0.39, 0.29) is 18.5 Å². The summed E-state index contributed by atoms with van der Waals surface area (Å²) < 4.78 is 4.86. The van der Waals surface area contributed by atoms with Gasteiger partial charge in [0.05, 0.1) is 12.7 Å². The van der Waals surface area contributed by atoms with Crippen molar-refractivity contribution in [3.8, 4) is 0 Å². The van der Waals surface area contributed by atoms with Crippen molar-refractivity contribution in [2.45, 2.75) is 44.9 Å². The van der Waals surface area contributed by atoms with E-state index in [2.05, 4.69) is 5.32 Å². The lowest BCUT2D eigenvalue weighted by atomic mass is 9.95. The molecule has 2 N–H and O–H groups in total. The lowest BCUT2D eigenvalue weighted by Gasteiger charge is -2.11.